The fourth-order valence-electron chi connectivity index (χ4n) is 2.80. The van der Waals surface area contributed by atoms with Gasteiger partial charge in [0, 0.05) is 29.5 Å². The van der Waals surface area contributed by atoms with Gasteiger partial charge in [-0.3, -0.25) is 9.36 Å². The predicted octanol–water partition coefficient (Wildman–Crippen LogP) is 5.30. The molecule has 1 heterocycles. The predicted molar refractivity (Wildman–Crippen MR) is 113 cm³/mol. The van der Waals surface area contributed by atoms with Crippen LogP contribution in [0, 0.1) is 5.82 Å². The van der Waals surface area contributed by atoms with Gasteiger partial charge in [-0.25, -0.2) is 9.37 Å². The number of ether oxygens (including phenoxy) is 1. The minimum Gasteiger partial charge on any atom is -0.379 e. The fraction of sp³-hybridized carbons (Fsp3) is 0.333. The number of halogens is 2. The molecule has 0 N–H and O–H groups in total. The molecule has 2 aromatic carbocycles. The Kier molecular flexibility index (Phi) is 7.10. The number of fused-ring (bicyclic) bond motifs is 1. The van der Waals surface area contributed by atoms with Crippen LogP contribution in [-0.4, -0.2) is 22.3 Å². The first-order chi connectivity index (χ1) is 13.5. The zero-order valence-corrected chi connectivity index (χ0v) is 17.4. The van der Waals surface area contributed by atoms with Crippen LogP contribution in [-0.2, 0) is 17.0 Å². The number of para-hydroxylation sites is 1. The van der Waals surface area contributed by atoms with Crippen molar-refractivity contribution >= 4 is 34.3 Å². The SMILES string of the molecule is CC(C)OCCCn1c(SCc2c(F)cccc2Cl)nc2ccccc2c1=O. The quantitative estimate of drug-likeness (QED) is 0.282. The lowest BCUT2D eigenvalue weighted by molar-refractivity contribution is 0.0743. The highest BCUT2D eigenvalue weighted by atomic mass is 35.5. The summed E-state index contributed by atoms with van der Waals surface area (Å²) in [5.41, 5.74) is 0.938. The highest BCUT2D eigenvalue weighted by Crippen LogP contribution is 2.28. The summed E-state index contributed by atoms with van der Waals surface area (Å²) in [6.45, 7) is 4.99. The summed E-state index contributed by atoms with van der Waals surface area (Å²) in [4.78, 5) is 17.6. The Hall–Kier alpha value is -1.89. The smallest absolute Gasteiger partial charge is 0.262 e. The third-order valence-corrected chi connectivity index (χ3v) is 5.57. The van der Waals surface area contributed by atoms with E-state index in [1.54, 1.807) is 22.8 Å². The molecule has 0 spiro atoms. The zero-order chi connectivity index (χ0) is 20.1. The number of rotatable bonds is 8. The van der Waals surface area contributed by atoms with E-state index in [4.69, 9.17) is 16.3 Å². The Morgan fingerprint density at radius 1 is 1.21 bits per heavy atom. The molecule has 0 aliphatic heterocycles. The monoisotopic (exact) mass is 420 g/mol. The molecule has 3 aromatic rings. The second kappa shape index (κ2) is 9.54. The maximum absolute atomic E-state index is 14.1. The van der Waals surface area contributed by atoms with Crippen LogP contribution in [0.4, 0.5) is 4.39 Å². The van der Waals surface area contributed by atoms with Crippen LogP contribution < -0.4 is 5.56 Å². The Labute approximate surface area is 172 Å². The van der Waals surface area contributed by atoms with Crippen molar-refractivity contribution in [3.8, 4) is 0 Å². The number of nitrogens with zero attached hydrogens (tertiary/aromatic N) is 2. The molecule has 7 heteroatoms. The molecule has 0 atom stereocenters. The molecule has 0 fully saturated rings. The van der Waals surface area contributed by atoms with Crippen molar-refractivity contribution in [3.63, 3.8) is 0 Å². The Morgan fingerprint density at radius 3 is 2.75 bits per heavy atom. The molecule has 1 aromatic heterocycles. The van der Waals surface area contributed by atoms with Crippen LogP contribution in [0.25, 0.3) is 10.9 Å². The number of thioether (sulfide) groups is 1. The lowest BCUT2D eigenvalue weighted by Crippen LogP contribution is -2.24. The largest absolute Gasteiger partial charge is 0.379 e. The summed E-state index contributed by atoms with van der Waals surface area (Å²) in [6, 6.07) is 11.9. The van der Waals surface area contributed by atoms with Gasteiger partial charge >= 0.3 is 0 Å². The molecule has 0 amide bonds. The van der Waals surface area contributed by atoms with Crippen molar-refractivity contribution in [1.29, 1.82) is 0 Å². The van der Waals surface area contributed by atoms with Gasteiger partial charge in [-0.2, -0.15) is 0 Å². The minimum atomic E-state index is -0.361. The van der Waals surface area contributed by atoms with E-state index in [1.807, 2.05) is 32.0 Å². The summed E-state index contributed by atoms with van der Waals surface area (Å²) in [5.74, 6) is -0.0706. The van der Waals surface area contributed by atoms with Crippen molar-refractivity contribution in [2.24, 2.45) is 0 Å². The first kappa shape index (κ1) is 20.8. The Balaban J connectivity index is 1.90. The molecule has 0 saturated carbocycles. The maximum atomic E-state index is 14.1. The van der Waals surface area contributed by atoms with Crippen molar-refractivity contribution < 1.29 is 9.13 Å². The Morgan fingerprint density at radius 2 is 2.00 bits per heavy atom. The molecule has 148 valence electrons. The maximum Gasteiger partial charge on any atom is 0.262 e. The van der Waals surface area contributed by atoms with E-state index in [2.05, 4.69) is 4.98 Å². The molecule has 3 rings (SSSR count). The molecule has 0 unspecified atom stereocenters. The summed E-state index contributed by atoms with van der Waals surface area (Å²) in [6.07, 6.45) is 0.829. The average Bonchev–Trinajstić information content (AvgIpc) is 2.66. The summed E-state index contributed by atoms with van der Waals surface area (Å²) < 4.78 is 21.3. The van der Waals surface area contributed by atoms with E-state index in [0.29, 0.717) is 52.0 Å². The lowest BCUT2D eigenvalue weighted by atomic mass is 10.2. The molecule has 0 saturated heterocycles. The summed E-state index contributed by atoms with van der Waals surface area (Å²) in [7, 11) is 0. The van der Waals surface area contributed by atoms with Gasteiger partial charge in [-0.05, 0) is 44.5 Å². The van der Waals surface area contributed by atoms with E-state index in [-0.39, 0.29) is 17.5 Å². The molecule has 4 nitrogen and oxygen atoms in total. The van der Waals surface area contributed by atoms with Crippen molar-refractivity contribution in [2.45, 2.75) is 43.8 Å². The van der Waals surface area contributed by atoms with Gasteiger partial charge < -0.3 is 4.74 Å². The molecule has 0 aliphatic rings. The van der Waals surface area contributed by atoms with Crippen molar-refractivity contribution in [2.75, 3.05) is 6.61 Å². The van der Waals surface area contributed by atoms with Gasteiger partial charge in [0.05, 0.1) is 17.0 Å². The second-order valence-corrected chi connectivity index (χ2v) is 7.98. The van der Waals surface area contributed by atoms with E-state index < -0.39 is 0 Å². The third kappa shape index (κ3) is 4.93. The van der Waals surface area contributed by atoms with Crippen LogP contribution in [0.3, 0.4) is 0 Å². The van der Waals surface area contributed by atoms with Gasteiger partial charge in [-0.15, -0.1) is 0 Å². The van der Waals surface area contributed by atoms with E-state index in [0.717, 1.165) is 0 Å². The van der Waals surface area contributed by atoms with Gasteiger partial charge in [0.25, 0.3) is 5.56 Å². The van der Waals surface area contributed by atoms with Gasteiger partial charge in [0.15, 0.2) is 5.16 Å². The van der Waals surface area contributed by atoms with Gasteiger partial charge in [0.2, 0.25) is 0 Å². The standard InChI is InChI=1S/C21H22ClFN2O2S/c1-14(2)27-12-6-11-25-20(26)15-7-3-4-10-19(15)24-21(25)28-13-16-17(22)8-5-9-18(16)23/h3-5,7-10,14H,6,11-13H2,1-2H3. The Bertz CT molecular complexity index is 1000. The van der Waals surface area contributed by atoms with Crippen molar-refractivity contribution in [3.05, 3.63) is 69.2 Å². The van der Waals surface area contributed by atoms with Crippen molar-refractivity contribution in [1.82, 2.24) is 9.55 Å². The molecule has 28 heavy (non-hydrogen) atoms. The highest BCUT2D eigenvalue weighted by Gasteiger charge is 2.14. The number of hydrogen-bond donors (Lipinski definition) is 0. The summed E-state index contributed by atoms with van der Waals surface area (Å²) >= 11 is 7.44. The van der Waals surface area contributed by atoms with Crippen LogP contribution >= 0.6 is 23.4 Å². The van der Waals surface area contributed by atoms with E-state index in [1.165, 1.54) is 17.8 Å². The zero-order valence-electron chi connectivity index (χ0n) is 15.8. The molecule has 0 aliphatic carbocycles. The molecular formula is C21H22ClFN2O2S. The first-order valence-corrected chi connectivity index (χ1v) is 10.5. The van der Waals surface area contributed by atoms with Gasteiger partial charge in [0.1, 0.15) is 5.82 Å². The molecule has 0 radical (unpaired) electrons. The average molecular weight is 421 g/mol. The third-order valence-electron chi connectivity index (χ3n) is 4.21. The molecular weight excluding hydrogens is 399 g/mol. The van der Waals surface area contributed by atoms with Crippen LogP contribution in [0.15, 0.2) is 52.4 Å². The lowest BCUT2D eigenvalue weighted by Gasteiger charge is -2.14. The first-order valence-electron chi connectivity index (χ1n) is 9.14. The van der Waals surface area contributed by atoms with Crippen LogP contribution in [0.1, 0.15) is 25.8 Å². The second-order valence-electron chi connectivity index (χ2n) is 6.63. The van der Waals surface area contributed by atoms with E-state index >= 15 is 0 Å². The topological polar surface area (TPSA) is 44.1 Å². The number of benzene rings is 2. The number of hydrogen-bond acceptors (Lipinski definition) is 4. The van der Waals surface area contributed by atoms with Crippen LogP contribution in [0.5, 0.6) is 0 Å². The minimum absolute atomic E-state index is 0.0997. The normalized spacial score (nSPS) is 11.5. The highest BCUT2D eigenvalue weighted by molar-refractivity contribution is 7.98. The van der Waals surface area contributed by atoms with Crippen LogP contribution in [0.2, 0.25) is 5.02 Å². The fourth-order valence-corrected chi connectivity index (χ4v) is 4.17. The summed E-state index contributed by atoms with van der Waals surface area (Å²) in [5, 5.41) is 1.49. The number of aromatic nitrogens is 2. The molecule has 0 bridgehead atoms. The van der Waals surface area contributed by atoms with E-state index in [9.17, 15) is 9.18 Å². The van der Waals surface area contributed by atoms with Gasteiger partial charge in [-0.1, -0.05) is 41.6 Å².